The number of dihydropyridines is 1. The van der Waals surface area contributed by atoms with Gasteiger partial charge in [0.2, 0.25) is 0 Å². The van der Waals surface area contributed by atoms with Gasteiger partial charge in [-0.2, -0.15) is 22.9 Å². The van der Waals surface area contributed by atoms with E-state index in [2.05, 4.69) is 15.5 Å². The molecular weight excluding hydrogens is 538 g/mol. The number of hydrogen-bond acceptors (Lipinski definition) is 6. The fourth-order valence-corrected chi connectivity index (χ4v) is 4.88. The van der Waals surface area contributed by atoms with E-state index >= 15 is 0 Å². The van der Waals surface area contributed by atoms with E-state index in [1.807, 2.05) is 18.2 Å². The Morgan fingerprint density at radius 3 is 2.54 bits per heavy atom. The zero-order valence-electron chi connectivity index (χ0n) is 20.7. The molecule has 0 saturated heterocycles. The lowest BCUT2D eigenvalue weighted by Gasteiger charge is -2.32. The molecule has 2 aliphatic rings. The van der Waals surface area contributed by atoms with Crippen molar-refractivity contribution in [2.75, 3.05) is 26.7 Å². The second-order valence-corrected chi connectivity index (χ2v) is 10.1. The van der Waals surface area contributed by atoms with Crippen LogP contribution in [0, 0.1) is 11.6 Å². The minimum atomic E-state index is -3.67. The molecule has 0 atom stereocenters. The van der Waals surface area contributed by atoms with Crippen LogP contribution in [0.2, 0.25) is 0 Å². The summed E-state index contributed by atoms with van der Waals surface area (Å²) in [4.78, 5) is 0. The van der Waals surface area contributed by atoms with Gasteiger partial charge in [0.15, 0.2) is 0 Å². The number of hydrogen-bond donors (Lipinski definition) is 2. The Hall–Kier alpha value is -3.81. The van der Waals surface area contributed by atoms with Crippen molar-refractivity contribution in [3.8, 4) is 16.9 Å². The van der Waals surface area contributed by atoms with E-state index in [1.54, 1.807) is 6.20 Å². The lowest BCUT2D eigenvalue weighted by Crippen LogP contribution is -2.43. The highest BCUT2D eigenvalue weighted by Gasteiger charge is 2.29. The Bertz CT molecular complexity index is 1520. The average Bonchev–Trinajstić information content (AvgIpc) is 2.93. The second-order valence-electron chi connectivity index (χ2n) is 8.58. The maximum absolute atomic E-state index is 13.7. The van der Waals surface area contributed by atoms with Gasteiger partial charge in [0, 0.05) is 49.1 Å². The number of halogens is 4. The Morgan fingerprint density at radius 2 is 1.90 bits per heavy atom. The van der Waals surface area contributed by atoms with Gasteiger partial charge in [-0.3, -0.25) is 0 Å². The van der Waals surface area contributed by atoms with E-state index in [4.69, 9.17) is 9.88 Å². The molecule has 2 aromatic carbocycles. The molecule has 0 bridgehead atoms. The molecule has 0 spiro atoms. The van der Waals surface area contributed by atoms with Crippen molar-refractivity contribution in [2.45, 2.75) is 12.8 Å². The Balaban J connectivity index is 0.000000181. The highest BCUT2D eigenvalue weighted by Crippen LogP contribution is 2.32. The van der Waals surface area contributed by atoms with E-state index in [9.17, 15) is 26.0 Å². The van der Waals surface area contributed by atoms with E-state index in [1.165, 1.54) is 35.7 Å². The summed E-state index contributed by atoms with van der Waals surface area (Å²) in [6.45, 7) is 1.38. The van der Waals surface area contributed by atoms with E-state index < -0.39 is 33.8 Å². The van der Waals surface area contributed by atoms with Crippen LogP contribution in [0.4, 0.5) is 17.6 Å². The predicted octanol–water partition coefficient (Wildman–Crippen LogP) is 4.20. The molecular formula is C26H25F4N5O3S. The second kappa shape index (κ2) is 11.9. The van der Waals surface area contributed by atoms with Crippen molar-refractivity contribution >= 4 is 15.8 Å². The number of methoxy groups -OCH3 is 1. The van der Waals surface area contributed by atoms with E-state index in [-0.39, 0.29) is 17.7 Å². The van der Waals surface area contributed by atoms with E-state index in [0.29, 0.717) is 25.3 Å². The molecule has 13 heteroatoms. The maximum Gasteiger partial charge on any atom is 0.277 e. The summed E-state index contributed by atoms with van der Waals surface area (Å²) < 4.78 is 81.2. The Morgan fingerprint density at radius 1 is 1.10 bits per heavy atom. The van der Waals surface area contributed by atoms with Crippen LogP contribution in [-0.4, -0.2) is 49.7 Å². The van der Waals surface area contributed by atoms with Crippen LogP contribution < -0.4 is 15.2 Å². The van der Waals surface area contributed by atoms with Gasteiger partial charge >= 0.3 is 0 Å². The van der Waals surface area contributed by atoms with Crippen LogP contribution in [0.5, 0.6) is 5.75 Å². The van der Waals surface area contributed by atoms with Gasteiger partial charge in [-0.25, -0.2) is 22.7 Å². The number of aromatic nitrogens is 2. The van der Waals surface area contributed by atoms with E-state index in [0.717, 1.165) is 34.7 Å². The minimum absolute atomic E-state index is 0.0964. The molecule has 0 aliphatic carbocycles. The van der Waals surface area contributed by atoms with Crippen LogP contribution in [0.1, 0.15) is 24.1 Å². The first-order valence-electron chi connectivity index (χ1n) is 11.7. The molecule has 3 heterocycles. The molecule has 0 unspecified atom stereocenters. The maximum atomic E-state index is 13.7. The zero-order valence-corrected chi connectivity index (χ0v) is 21.6. The quantitative estimate of drug-likeness (QED) is 0.451. The molecule has 1 aromatic heterocycles. The Kier molecular flexibility index (Phi) is 8.63. The van der Waals surface area contributed by atoms with Gasteiger partial charge in [-0.1, -0.05) is 12.1 Å². The van der Waals surface area contributed by atoms with Gasteiger partial charge in [0.25, 0.3) is 16.6 Å². The topological polar surface area (TPSA) is 110 Å². The van der Waals surface area contributed by atoms with Crippen molar-refractivity contribution in [1.29, 1.82) is 0 Å². The SMILES string of the molecule is COc1ccc(F)c(-c2ccc(C(F)F)c(F)c2)c1.NS(=O)(=O)N1CCC2=C(C1)C(c1cccnn1)=CCN2. The smallest absolute Gasteiger partial charge is 0.277 e. The van der Waals surface area contributed by atoms with Crippen LogP contribution in [0.15, 0.2) is 72.1 Å². The van der Waals surface area contributed by atoms with Crippen LogP contribution in [-0.2, 0) is 10.2 Å². The standard InChI is InChI=1S/C14H10F4O.C12H15N5O2S/c1-19-9-3-5-12(15)11(7-9)8-2-4-10(14(17)18)13(16)6-8;13-20(18,19)17-7-4-11-10(8-17)9(3-6-14-11)12-2-1-5-15-16-12/h2-7,14H,1H3;1-3,5,14H,4,6-8H2,(H2,13,18,19). The molecule has 8 nitrogen and oxygen atoms in total. The monoisotopic (exact) mass is 563 g/mol. The lowest BCUT2D eigenvalue weighted by molar-refractivity contribution is 0.146. The molecule has 3 aromatic rings. The largest absolute Gasteiger partial charge is 0.497 e. The molecule has 2 aliphatic heterocycles. The first-order valence-corrected chi connectivity index (χ1v) is 13.2. The number of alkyl halides is 2. The number of nitrogens with zero attached hydrogens (tertiary/aromatic N) is 3. The Labute approximate surface area is 223 Å². The highest BCUT2D eigenvalue weighted by atomic mass is 32.2. The number of rotatable bonds is 5. The van der Waals surface area contributed by atoms with Gasteiger partial charge in [-0.15, -0.1) is 0 Å². The summed E-state index contributed by atoms with van der Waals surface area (Å²) in [6, 6.07) is 10.7. The predicted molar refractivity (Wildman–Crippen MR) is 138 cm³/mol. The molecule has 0 saturated carbocycles. The number of nitrogens with two attached hydrogens (primary N) is 1. The van der Waals surface area contributed by atoms with Crippen molar-refractivity contribution < 1.29 is 30.7 Å². The molecule has 0 fully saturated rings. The minimum Gasteiger partial charge on any atom is -0.497 e. The summed E-state index contributed by atoms with van der Waals surface area (Å²) in [5, 5.41) is 16.5. The third kappa shape index (κ3) is 6.61. The van der Waals surface area contributed by atoms with Crippen molar-refractivity contribution in [2.24, 2.45) is 5.14 Å². The molecule has 5 rings (SSSR count). The fraction of sp³-hybridized carbons (Fsp3) is 0.231. The molecule has 3 N–H and O–H groups in total. The summed E-state index contributed by atoms with van der Waals surface area (Å²) in [5.41, 5.74) is 3.24. The van der Waals surface area contributed by atoms with Crippen LogP contribution in [0.3, 0.4) is 0 Å². The van der Waals surface area contributed by atoms with Crippen LogP contribution in [0.25, 0.3) is 16.7 Å². The third-order valence-corrected chi connectivity index (χ3v) is 7.22. The summed E-state index contributed by atoms with van der Waals surface area (Å²) in [6.07, 6.45) is 1.33. The summed E-state index contributed by atoms with van der Waals surface area (Å²) in [7, 11) is -2.26. The lowest BCUT2D eigenvalue weighted by atomic mass is 9.94. The molecule has 0 radical (unpaired) electrons. The summed E-state index contributed by atoms with van der Waals surface area (Å²) in [5.74, 6) is -1.24. The van der Waals surface area contributed by atoms with Crippen molar-refractivity contribution in [3.63, 3.8) is 0 Å². The first-order chi connectivity index (χ1) is 18.6. The molecule has 0 amide bonds. The highest BCUT2D eigenvalue weighted by molar-refractivity contribution is 7.86. The van der Waals surface area contributed by atoms with Crippen molar-refractivity contribution in [3.05, 3.63) is 95.0 Å². The number of nitrogens with one attached hydrogen (secondary N) is 1. The summed E-state index contributed by atoms with van der Waals surface area (Å²) >= 11 is 0. The number of benzene rings is 2. The van der Waals surface area contributed by atoms with Gasteiger partial charge in [0.1, 0.15) is 17.4 Å². The molecule has 206 valence electrons. The van der Waals surface area contributed by atoms with Crippen molar-refractivity contribution in [1.82, 2.24) is 19.8 Å². The van der Waals surface area contributed by atoms with Gasteiger partial charge in [-0.05, 0) is 53.6 Å². The fourth-order valence-electron chi connectivity index (χ4n) is 4.23. The molecule has 39 heavy (non-hydrogen) atoms. The third-order valence-electron chi connectivity index (χ3n) is 6.18. The normalized spacial score (nSPS) is 15.6. The average molecular weight is 564 g/mol. The van der Waals surface area contributed by atoms with Gasteiger partial charge in [0.05, 0.1) is 18.4 Å². The zero-order chi connectivity index (χ0) is 28.2. The van der Waals surface area contributed by atoms with Crippen LogP contribution >= 0.6 is 0 Å². The number of ether oxygens (including phenoxy) is 1. The first kappa shape index (κ1) is 28.2. The van der Waals surface area contributed by atoms with Gasteiger partial charge < -0.3 is 10.1 Å².